The summed E-state index contributed by atoms with van der Waals surface area (Å²) in [5, 5.41) is 16.0. The van der Waals surface area contributed by atoms with Crippen LogP contribution in [0.3, 0.4) is 0 Å². The van der Waals surface area contributed by atoms with E-state index in [9.17, 15) is 19.5 Å². The number of halogens is 1. The molecule has 0 saturated carbocycles. The number of hydrogen-bond donors (Lipinski definition) is 2. The van der Waals surface area contributed by atoms with Gasteiger partial charge < -0.3 is 30.0 Å². The molecule has 2 rings (SSSR count). The number of rotatable bonds is 7. The number of benzene rings is 1. The lowest BCUT2D eigenvalue weighted by molar-refractivity contribution is -0.307. The molecule has 0 fully saturated rings. The van der Waals surface area contributed by atoms with Gasteiger partial charge in [0, 0.05) is 22.9 Å². The summed E-state index contributed by atoms with van der Waals surface area (Å²) in [5.41, 5.74) is 1.21. The Labute approximate surface area is 155 Å². The van der Waals surface area contributed by atoms with E-state index in [0.29, 0.717) is 16.8 Å². The second-order valence-electron chi connectivity index (χ2n) is 5.54. The number of carbonyl (C=O) groups excluding carboxylic acids is 3. The smallest absolute Gasteiger partial charge is 0.319 e. The third kappa shape index (κ3) is 4.26. The third-order valence-electron chi connectivity index (χ3n) is 3.67. The summed E-state index contributed by atoms with van der Waals surface area (Å²) >= 11 is 6.31. The van der Waals surface area contributed by atoms with Gasteiger partial charge in [-0.2, -0.15) is 0 Å². The van der Waals surface area contributed by atoms with Crippen molar-refractivity contribution in [1.82, 2.24) is 10.6 Å². The molecular formula is C17H18ClN2O6-. The average molecular weight is 382 g/mol. The van der Waals surface area contributed by atoms with E-state index < -0.39 is 24.6 Å². The maximum absolute atomic E-state index is 12.0. The molecule has 1 aromatic carbocycles. The van der Waals surface area contributed by atoms with Crippen LogP contribution in [0.25, 0.3) is 0 Å². The fourth-order valence-corrected chi connectivity index (χ4v) is 2.95. The zero-order valence-electron chi connectivity index (χ0n) is 14.5. The van der Waals surface area contributed by atoms with Gasteiger partial charge in [0.15, 0.2) is 17.3 Å². The number of carboxylic acid groups (broad SMARTS) is 1. The van der Waals surface area contributed by atoms with E-state index in [1.54, 1.807) is 13.8 Å². The quantitative estimate of drug-likeness (QED) is 0.730. The molecule has 2 N–H and O–H groups in total. The fourth-order valence-electron chi connectivity index (χ4n) is 2.68. The summed E-state index contributed by atoms with van der Waals surface area (Å²) in [6.07, 6.45) is 0. The first-order valence-corrected chi connectivity index (χ1v) is 8.20. The normalized spacial score (nSPS) is 16.6. The second kappa shape index (κ2) is 8.09. The van der Waals surface area contributed by atoms with E-state index in [0.717, 1.165) is 0 Å². The Bertz CT molecular complexity index is 790. The van der Waals surface area contributed by atoms with Crippen molar-refractivity contribution in [2.45, 2.75) is 26.8 Å². The van der Waals surface area contributed by atoms with E-state index in [1.165, 1.54) is 19.1 Å². The Kier molecular flexibility index (Phi) is 6.10. The van der Waals surface area contributed by atoms with E-state index in [-0.39, 0.29) is 28.9 Å². The Morgan fingerprint density at radius 3 is 2.50 bits per heavy atom. The van der Waals surface area contributed by atoms with Crippen LogP contribution in [0, 0.1) is 0 Å². The molecule has 1 heterocycles. The summed E-state index contributed by atoms with van der Waals surface area (Å²) in [7, 11) is 0. The highest BCUT2D eigenvalue weighted by Crippen LogP contribution is 2.39. The minimum Gasteiger partial charge on any atom is -0.546 e. The van der Waals surface area contributed by atoms with Crippen molar-refractivity contribution in [3.05, 3.63) is 34.0 Å². The minimum absolute atomic E-state index is 0.120. The molecule has 26 heavy (non-hydrogen) atoms. The Morgan fingerprint density at radius 2 is 1.92 bits per heavy atom. The van der Waals surface area contributed by atoms with Crippen LogP contribution < -0.4 is 25.2 Å². The largest absolute Gasteiger partial charge is 0.546 e. The van der Waals surface area contributed by atoms with Crippen LogP contribution in [-0.4, -0.2) is 31.0 Å². The first kappa shape index (κ1) is 19.6. The molecule has 0 unspecified atom stereocenters. The lowest BCUT2D eigenvalue weighted by Crippen LogP contribution is -2.44. The molecule has 1 aliphatic heterocycles. The van der Waals surface area contributed by atoms with Gasteiger partial charge in [0.1, 0.15) is 6.61 Å². The highest BCUT2D eigenvalue weighted by atomic mass is 35.5. The van der Waals surface area contributed by atoms with E-state index in [2.05, 4.69) is 10.6 Å². The molecule has 8 nitrogen and oxygen atoms in total. The fraction of sp³-hybridized carbons (Fsp3) is 0.353. The topological polar surface area (TPSA) is 117 Å². The molecule has 0 radical (unpaired) electrons. The summed E-state index contributed by atoms with van der Waals surface area (Å²) in [6, 6.07) is 1.65. The standard InChI is InChI=1S/C17H19ClN2O6/c1-4-25-12-5-10(11(18)6-13(12)26-7-14(22)23)16-15(9(3)21)8(2)19-17(24)20-16/h5-6,16H,4,7H2,1-3H3,(H,22,23)(H2,19,20,24)/p-1/t16-/m1/s1. The van der Waals surface area contributed by atoms with E-state index in [1.807, 2.05) is 0 Å². The molecule has 0 bridgehead atoms. The number of nitrogens with one attached hydrogen (secondary N) is 2. The van der Waals surface area contributed by atoms with Crippen LogP contribution in [0.4, 0.5) is 4.79 Å². The number of ether oxygens (including phenoxy) is 2. The van der Waals surface area contributed by atoms with Crippen LogP contribution in [0.5, 0.6) is 11.5 Å². The predicted octanol–water partition coefficient (Wildman–Crippen LogP) is 1.08. The minimum atomic E-state index is -1.39. The first-order valence-electron chi connectivity index (χ1n) is 7.82. The number of ketones is 1. The number of carbonyl (C=O) groups is 3. The molecule has 2 amide bonds. The maximum Gasteiger partial charge on any atom is 0.319 e. The number of amides is 2. The Balaban J connectivity index is 2.52. The second-order valence-corrected chi connectivity index (χ2v) is 5.95. The van der Waals surface area contributed by atoms with Crippen LogP contribution in [0.15, 0.2) is 23.4 Å². The van der Waals surface area contributed by atoms with Gasteiger partial charge in [-0.25, -0.2) is 4.79 Å². The molecule has 0 saturated heterocycles. The summed E-state index contributed by atoms with van der Waals surface area (Å²) in [4.78, 5) is 34.5. The number of urea groups is 1. The molecule has 0 aliphatic carbocycles. The molecular weight excluding hydrogens is 364 g/mol. The van der Waals surface area contributed by atoms with Crippen molar-refractivity contribution in [3.63, 3.8) is 0 Å². The van der Waals surface area contributed by atoms with Crippen LogP contribution in [0.1, 0.15) is 32.4 Å². The highest BCUT2D eigenvalue weighted by molar-refractivity contribution is 6.31. The SMILES string of the molecule is CCOc1cc([C@H]2NC(=O)NC(C)=C2C(C)=O)c(Cl)cc1OCC(=O)[O-]. The number of Topliss-reactive ketones (excluding diaryl/α,β-unsaturated/α-hetero) is 1. The number of allylic oxidation sites excluding steroid dienone is 1. The predicted molar refractivity (Wildman–Crippen MR) is 90.9 cm³/mol. The van der Waals surface area contributed by atoms with Crippen molar-refractivity contribution in [2.24, 2.45) is 0 Å². The summed E-state index contributed by atoms with van der Waals surface area (Å²) in [6.45, 7) is 4.37. The van der Waals surface area contributed by atoms with Gasteiger partial charge in [0.2, 0.25) is 0 Å². The number of aliphatic carboxylic acids is 1. The summed E-state index contributed by atoms with van der Waals surface area (Å²) in [5.74, 6) is -1.27. The highest BCUT2D eigenvalue weighted by Gasteiger charge is 2.31. The Hall–Kier alpha value is -2.74. The monoisotopic (exact) mass is 381 g/mol. The zero-order valence-corrected chi connectivity index (χ0v) is 15.2. The van der Waals surface area contributed by atoms with Crippen molar-refractivity contribution < 1.29 is 29.0 Å². The molecule has 1 aliphatic rings. The Morgan fingerprint density at radius 1 is 1.27 bits per heavy atom. The number of carboxylic acids is 1. The third-order valence-corrected chi connectivity index (χ3v) is 4.00. The van der Waals surface area contributed by atoms with E-state index in [4.69, 9.17) is 21.1 Å². The van der Waals surface area contributed by atoms with Gasteiger partial charge in [-0.3, -0.25) is 4.79 Å². The zero-order chi connectivity index (χ0) is 19.4. The molecule has 1 atom stereocenters. The maximum atomic E-state index is 12.0. The molecule has 0 aromatic heterocycles. The first-order chi connectivity index (χ1) is 12.2. The van der Waals surface area contributed by atoms with Gasteiger partial charge in [-0.05, 0) is 26.8 Å². The van der Waals surface area contributed by atoms with Gasteiger partial charge in [0.25, 0.3) is 0 Å². The molecule has 140 valence electrons. The van der Waals surface area contributed by atoms with Crippen molar-refractivity contribution in [1.29, 1.82) is 0 Å². The van der Waals surface area contributed by atoms with E-state index >= 15 is 0 Å². The number of hydrogen-bond acceptors (Lipinski definition) is 6. The van der Waals surface area contributed by atoms with Crippen molar-refractivity contribution >= 4 is 29.4 Å². The molecule has 1 aromatic rings. The molecule has 0 spiro atoms. The lowest BCUT2D eigenvalue weighted by Gasteiger charge is -2.29. The van der Waals surface area contributed by atoms with Gasteiger partial charge in [0.05, 0.1) is 23.6 Å². The van der Waals surface area contributed by atoms with Crippen LogP contribution in [0.2, 0.25) is 5.02 Å². The van der Waals surface area contributed by atoms with Gasteiger partial charge >= 0.3 is 6.03 Å². The van der Waals surface area contributed by atoms with Crippen molar-refractivity contribution in [2.75, 3.05) is 13.2 Å². The van der Waals surface area contributed by atoms with Crippen molar-refractivity contribution in [3.8, 4) is 11.5 Å². The molecule has 9 heteroatoms. The van der Waals surface area contributed by atoms with Gasteiger partial charge in [-0.1, -0.05) is 11.6 Å². The summed E-state index contributed by atoms with van der Waals surface area (Å²) < 4.78 is 10.6. The lowest BCUT2D eigenvalue weighted by atomic mass is 9.92. The van der Waals surface area contributed by atoms with Gasteiger partial charge in [-0.15, -0.1) is 0 Å². The van der Waals surface area contributed by atoms with Crippen LogP contribution >= 0.6 is 11.6 Å². The average Bonchev–Trinajstić information content (AvgIpc) is 2.53. The van der Waals surface area contributed by atoms with Crippen LogP contribution in [-0.2, 0) is 9.59 Å².